The molecule has 0 saturated heterocycles. The maximum Gasteiger partial charge on any atom is 0.244 e. The summed E-state index contributed by atoms with van der Waals surface area (Å²) in [6, 6.07) is 13.6. The largest absolute Gasteiger partial charge is 0.346 e. The maximum absolute atomic E-state index is 12.0. The van der Waals surface area contributed by atoms with Crippen LogP contribution in [0, 0.1) is 13.8 Å². The van der Waals surface area contributed by atoms with E-state index in [1.807, 2.05) is 19.1 Å². The van der Waals surface area contributed by atoms with Gasteiger partial charge in [0.1, 0.15) is 0 Å². The van der Waals surface area contributed by atoms with Gasteiger partial charge in [-0.1, -0.05) is 41.9 Å². The summed E-state index contributed by atoms with van der Waals surface area (Å²) in [6.45, 7) is 6.14. The molecular weight excluding hydrogens is 294 g/mol. The van der Waals surface area contributed by atoms with E-state index in [0.29, 0.717) is 5.02 Å². The fraction of sp³-hybridized carbons (Fsp3) is 0.211. The molecular formula is C19H20ClNO. The quantitative estimate of drug-likeness (QED) is 0.803. The van der Waals surface area contributed by atoms with E-state index in [9.17, 15) is 4.79 Å². The normalized spacial score (nSPS) is 12.4. The van der Waals surface area contributed by atoms with Gasteiger partial charge in [-0.3, -0.25) is 4.79 Å². The van der Waals surface area contributed by atoms with Crippen molar-refractivity contribution < 1.29 is 4.79 Å². The lowest BCUT2D eigenvalue weighted by Gasteiger charge is -2.14. The third-order valence-corrected chi connectivity index (χ3v) is 3.94. The molecule has 0 aromatic heterocycles. The van der Waals surface area contributed by atoms with Crippen LogP contribution in [0.4, 0.5) is 0 Å². The Hall–Kier alpha value is -2.06. The zero-order valence-corrected chi connectivity index (χ0v) is 13.8. The summed E-state index contributed by atoms with van der Waals surface area (Å²) >= 11 is 5.83. The number of aryl methyl sites for hydroxylation is 2. The van der Waals surface area contributed by atoms with Gasteiger partial charge in [-0.2, -0.15) is 0 Å². The maximum atomic E-state index is 12.0. The zero-order chi connectivity index (χ0) is 16.1. The van der Waals surface area contributed by atoms with Gasteiger partial charge >= 0.3 is 0 Å². The number of carbonyl (C=O) groups is 1. The molecule has 1 amide bonds. The summed E-state index contributed by atoms with van der Waals surface area (Å²) in [7, 11) is 0. The monoisotopic (exact) mass is 313 g/mol. The molecule has 0 aliphatic rings. The van der Waals surface area contributed by atoms with E-state index in [1.165, 1.54) is 11.1 Å². The number of rotatable bonds is 4. The van der Waals surface area contributed by atoms with Gasteiger partial charge < -0.3 is 5.32 Å². The molecule has 2 nitrogen and oxygen atoms in total. The van der Waals surface area contributed by atoms with Crippen LogP contribution in [0.2, 0.25) is 5.02 Å². The second kappa shape index (κ2) is 7.28. The minimum atomic E-state index is -0.110. The lowest BCUT2D eigenvalue weighted by molar-refractivity contribution is -0.117. The molecule has 0 aliphatic heterocycles. The SMILES string of the molecule is Cc1ccc([C@H](C)NC(=O)/C=C/c2ccc(Cl)cc2)cc1C. The molecule has 0 saturated carbocycles. The Kier molecular flexibility index (Phi) is 5.40. The molecule has 1 N–H and O–H groups in total. The summed E-state index contributed by atoms with van der Waals surface area (Å²) in [5, 5.41) is 3.66. The molecule has 114 valence electrons. The summed E-state index contributed by atoms with van der Waals surface area (Å²) in [5.41, 5.74) is 4.54. The van der Waals surface area contributed by atoms with Crippen LogP contribution in [0.3, 0.4) is 0 Å². The third kappa shape index (κ3) is 4.47. The van der Waals surface area contributed by atoms with Crippen molar-refractivity contribution >= 4 is 23.6 Å². The molecule has 0 heterocycles. The summed E-state index contributed by atoms with van der Waals surface area (Å²) < 4.78 is 0. The summed E-state index contributed by atoms with van der Waals surface area (Å²) in [5.74, 6) is -0.110. The minimum Gasteiger partial charge on any atom is -0.346 e. The van der Waals surface area contributed by atoms with Crippen molar-refractivity contribution in [3.05, 3.63) is 75.8 Å². The first-order chi connectivity index (χ1) is 10.5. The van der Waals surface area contributed by atoms with Crippen LogP contribution in [0.15, 0.2) is 48.5 Å². The number of halogens is 1. The molecule has 0 radical (unpaired) electrons. The van der Waals surface area contributed by atoms with Crippen LogP contribution in [-0.4, -0.2) is 5.91 Å². The van der Waals surface area contributed by atoms with E-state index in [0.717, 1.165) is 11.1 Å². The Morgan fingerprint density at radius 2 is 1.77 bits per heavy atom. The van der Waals surface area contributed by atoms with Crippen LogP contribution in [0.5, 0.6) is 0 Å². The van der Waals surface area contributed by atoms with Crippen molar-refractivity contribution in [2.45, 2.75) is 26.8 Å². The Balaban J connectivity index is 1.98. The number of nitrogens with one attached hydrogen (secondary N) is 1. The van der Waals surface area contributed by atoms with Gasteiger partial charge in [0.2, 0.25) is 5.91 Å². The topological polar surface area (TPSA) is 29.1 Å². The van der Waals surface area contributed by atoms with Gasteiger partial charge in [0.25, 0.3) is 0 Å². The number of hydrogen-bond acceptors (Lipinski definition) is 1. The smallest absolute Gasteiger partial charge is 0.244 e. The van der Waals surface area contributed by atoms with Crippen molar-refractivity contribution in [3.63, 3.8) is 0 Å². The molecule has 0 spiro atoms. The highest BCUT2D eigenvalue weighted by molar-refractivity contribution is 6.30. The molecule has 0 aliphatic carbocycles. The number of hydrogen-bond donors (Lipinski definition) is 1. The van der Waals surface area contributed by atoms with Crippen LogP contribution in [0.1, 0.15) is 35.2 Å². The van der Waals surface area contributed by atoms with Gasteiger partial charge in [0.05, 0.1) is 6.04 Å². The molecule has 22 heavy (non-hydrogen) atoms. The summed E-state index contributed by atoms with van der Waals surface area (Å²) in [4.78, 5) is 12.0. The first-order valence-electron chi connectivity index (χ1n) is 7.27. The Morgan fingerprint density at radius 1 is 1.09 bits per heavy atom. The third-order valence-electron chi connectivity index (χ3n) is 3.69. The summed E-state index contributed by atoms with van der Waals surface area (Å²) in [6.07, 6.45) is 3.32. The van der Waals surface area contributed by atoms with Crippen molar-refractivity contribution in [1.29, 1.82) is 0 Å². The fourth-order valence-electron chi connectivity index (χ4n) is 2.12. The predicted octanol–water partition coefficient (Wildman–Crippen LogP) is 4.85. The lowest BCUT2D eigenvalue weighted by atomic mass is 10.0. The number of benzene rings is 2. The van der Waals surface area contributed by atoms with Gasteiger partial charge in [-0.05, 0) is 61.2 Å². The van der Waals surface area contributed by atoms with E-state index in [2.05, 4.69) is 37.4 Å². The minimum absolute atomic E-state index is 0.0262. The zero-order valence-electron chi connectivity index (χ0n) is 13.1. The van der Waals surface area contributed by atoms with Crippen LogP contribution < -0.4 is 5.32 Å². The van der Waals surface area contributed by atoms with E-state index in [1.54, 1.807) is 24.3 Å². The first-order valence-corrected chi connectivity index (χ1v) is 7.65. The Labute approximate surface area is 136 Å². The Bertz CT molecular complexity index is 689. The van der Waals surface area contributed by atoms with Crippen molar-refractivity contribution in [3.8, 4) is 0 Å². The highest BCUT2D eigenvalue weighted by Crippen LogP contribution is 2.17. The second-order valence-electron chi connectivity index (χ2n) is 5.46. The predicted molar refractivity (Wildman–Crippen MR) is 93.0 cm³/mol. The standard InChI is InChI=1S/C19H20ClNO/c1-13-4-8-17(12-14(13)2)15(3)21-19(22)11-7-16-5-9-18(20)10-6-16/h4-12,15H,1-3H3,(H,21,22)/b11-7+/t15-/m0/s1. The molecule has 2 aromatic carbocycles. The number of carbonyl (C=O) groups excluding carboxylic acids is 1. The highest BCUT2D eigenvalue weighted by atomic mass is 35.5. The fourth-order valence-corrected chi connectivity index (χ4v) is 2.25. The molecule has 2 aromatic rings. The van der Waals surface area contributed by atoms with Gasteiger partial charge in [-0.25, -0.2) is 0 Å². The van der Waals surface area contributed by atoms with Gasteiger partial charge in [0, 0.05) is 11.1 Å². The van der Waals surface area contributed by atoms with Gasteiger partial charge in [-0.15, -0.1) is 0 Å². The molecule has 3 heteroatoms. The average molecular weight is 314 g/mol. The lowest BCUT2D eigenvalue weighted by Crippen LogP contribution is -2.24. The van der Waals surface area contributed by atoms with Crippen LogP contribution >= 0.6 is 11.6 Å². The van der Waals surface area contributed by atoms with E-state index in [4.69, 9.17) is 11.6 Å². The van der Waals surface area contributed by atoms with Crippen molar-refractivity contribution in [2.75, 3.05) is 0 Å². The van der Waals surface area contributed by atoms with Crippen molar-refractivity contribution in [1.82, 2.24) is 5.32 Å². The number of amides is 1. The van der Waals surface area contributed by atoms with Crippen LogP contribution in [0.25, 0.3) is 6.08 Å². The van der Waals surface area contributed by atoms with Crippen LogP contribution in [-0.2, 0) is 4.79 Å². The van der Waals surface area contributed by atoms with E-state index in [-0.39, 0.29) is 11.9 Å². The second-order valence-corrected chi connectivity index (χ2v) is 5.90. The average Bonchev–Trinajstić information content (AvgIpc) is 2.49. The van der Waals surface area contributed by atoms with E-state index < -0.39 is 0 Å². The van der Waals surface area contributed by atoms with Gasteiger partial charge in [0.15, 0.2) is 0 Å². The molecule has 2 rings (SSSR count). The first kappa shape index (κ1) is 16.3. The molecule has 0 fully saturated rings. The van der Waals surface area contributed by atoms with E-state index >= 15 is 0 Å². The molecule has 0 bridgehead atoms. The Morgan fingerprint density at radius 3 is 2.41 bits per heavy atom. The molecule has 0 unspecified atom stereocenters. The van der Waals surface area contributed by atoms with Crippen molar-refractivity contribution in [2.24, 2.45) is 0 Å². The highest BCUT2D eigenvalue weighted by Gasteiger charge is 2.08. The molecule has 1 atom stereocenters.